The van der Waals surface area contributed by atoms with Crippen molar-refractivity contribution < 1.29 is 9.59 Å². The van der Waals surface area contributed by atoms with E-state index in [-0.39, 0.29) is 34.4 Å². The molecule has 2 aromatic heterocycles. The predicted molar refractivity (Wildman–Crippen MR) is 140 cm³/mol. The second-order valence-corrected chi connectivity index (χ2v) is 9.31. The highest BCUT2D eigenvalue weighted by Gasteiger charge is 2.20. The highest BCUT2D eigenvalue weighted by atomic mass is 35.5. The topological polar surface area (TPSA) is 86.8 Å². The summed E-state index contributed by atoms with van der Waals surface area (Å²) in [6, 6.07) is 24.7. The molecule has 0 unspecified atom stereocenters. The molecule has 0 aliphatic carbocycles. The molecular weight excluding hydrogens is 496 g/mol. The van der Waals surface area contributed by atoms with Gasteiger partial charge in [-0.25, -0.2) is 9.67 Å². The van der Waals surface area contributed by atoms with E-state index >= 15 is 0 Å². The summed E-state index contributed by atoms with van der Waals surface area (Å²) in [5, 5.41) is 5.38. The van der Waals surface area contributed by atoms with Gasteiger partial charge in [0, 0.05) is 16.1 Å². The van der Waals surface area contributed by atoms with Crippen LogP contribution < -0.4 is 5.56 Å². The van der Waals surface area contributed by atoms with E-state index in [2.05, 4.69) is 5.10 Å². The Balaban J connectivity index is 1.57. The molecule has 0 aliphatic rings. The normalized spacial score (nSPS) is 11.0. The van der Waals surface area contributed by atoms with Gasteiger partial charge in [-0.3, -0.25) is 19.0 Å². The molecule has 0 amide bonds. The van der Waals surface area contributed by atoms with Crippen molar-refractivity contribution in [1.82, 2.24) is 19.3 Å². The first-order valence-corrected chi connectivity index (χ1v) is 12.4. The van der Waals surface area contributed by atoms with E-state index < -0.39 is 5.56 Å². The number of hydrogen-bond acceptors (Lipinski definition) is 6. The molecule has 0 aliphatic heterocycles. The molecular formula is C27H19ClN4O3S. The average molecular weight is 515 g/mol. The minimum absolute atomic E-state index is 0.0484. The number of fused-ring (bicyclic) bond motifs is 1. The van der Waals surface area contributed by atoms with Crippen molar-refractivity contribution in [2.75, 3.05) is 5.75 Å². The lowest BCUT2D eigenvalue weighted by Gasteiger charge is -2.12. The van der Waals surface area contributed by atoms with Crippen LogP contribution in [0.1, 0.15) is 20.7 Å². The van der Waals surface area contributed by atoms with E-state index in [0.717, 1.165) is 11.8 Å². The van der Waals surface area contributed by atoms with E-state index in [1.807, 2.05) is 12.1 Å². The predicted octanol–water partition coefficient (Wildman–Crippen LogP) is 5.09. The van der Waals surface area contributed by atoms with Crippen LogP contribution >= 0.6 is 23.4 Å². The summed E-state index contributed by atoms with van der Waals surface area (Å²) >= 11 is 7.26. The van der Waals surface area contributed by atoms with Crippen LogP contribution in [0.2, 0.25) is 5.02 Å². The number of Topliss-reactive ketones (excluding diaryl/α,β-unsaturated/α-hetero) is 2. The van der Waals surface area contributed by atoms with Gasteiger partial charge in [0.25, 0.3) is 5.56 Å². The number of carbonyl (C=O) groups is 2. The Morgan fingerprint density at radius 3 is 2.19 bits per heavy atom. The highest BCUT2D eigenvalue weighted by Crippen LogP contribution is 2.23. The minimum Gasteiger partial charge on any atom is -0.293 e. The number of nitrogens with zero attached hydrogens (tertiary/aromatic N) is 4. The fraction of sp³-hybridized carbons (Fsp3) is 0.0741. The highest BCUT2D eigenvalue weighted by molar-refractivity contribution is 7.99. The molecule has 0 N–H and O–H groups in total. The largest absolute Gasteiger partial charge is 0.293 e. The molecule has 178 valence electrons. The summed E-state index contributed by atoms with van der Waals surface area (Å²) in [7, 11) is 0. The van der Waals surface area contributed by atoms with Gasteiger partial charge in [-0.2, -0.15) is 5.10 Å². The Labute approximate surface area is 215 Å². The van der Waals surface area contributed by atoms with Crippen molar-refractivity contribution in [1.29, 1.82) is 0 Å². The zero-order valence-electron chi connectivity index (χ0n) is 18.9. The van der Waals surface area contributed by atoms with E-state index in [0.29, 0.717) is 27.5 Å². The van der Waals surface area contributed by atoms with Crippen LogP contribution in [0.5, 0.6) is 0 Å². The molecule has 36 heavy (non-hydrogen) atoms. The Hall–Kier alpha value is -4.01. The molecule has 5 aromatic rings. The van der Waals surface area contributed by atoms with Crippen LogP contribution in [0.15, 0.2) is 101 Å². The smallest absolute Gasteiger partial charge is 0.265 e. The van der Waals surface area contributed by atoms with Crippen LogP contribution in [-0.2, 0) is 6.54 Å². The Bertz CT molecular complexity index is 1630. The van der Waals surface area contributed by atoms with Gasteiger partial charge in [-0.15, -0.1) is 0 Å². The summed E-state index contributed by atoms with van der Waals surface area (Å²) in [5.74, 6) is -0.302. The Morgan fingerprint density at radius 1 is 0.861 bits per heavy atom. The van der Waals surface area contributed by atoms with Gasteiger partial charge >= 0.3 is 0 Å². The summed E-state index contributed by atoms with van der Waals surface area (Å²) in [5.41, 5.74) is 1.59. The zero-order valence-corrected chi connectivity index (χ0v) is 20.4. The van der Waals surface area contributed by atoms with Gasteiger partial charge in [0.1, 0.15) is 5.39 Å². The molecule has 2 heterocycles. The minimum atomic E-state index is -0.410. The summed E-state index contributed by atoms with van der Waals surface area (Å²) in [6.45, 7) is -0.212. The summed E-state index contributed by atoms with van der Waals surface area (Å²) in [4.78, 5) is 44.0. The van der Waals surface area contributed by atoms with Gasteiger partial charge in [-0.1, -0.05) is 90.1 Å². The SMILES string of the molecule is O=C(CSc1nc2c(cnn2-c2cccc(Cl)c2)c(=O)n1CC(=O)c1ccccc1)c1ccccc1. The number of rotatable bonds is 8. The van der Waals surface area contributed by atoms with Crippen molar-refractivity contribution >= 4 is 46.0 Å². The van der Waals surface area contributed by atoms with Crippen molar-refractivity contribution in [3.63, 3.8) is 0 Å². The number of halogens is 1. The summed E-state index contributed by atoms with van der Waals surface area (Å²) < 4.78 is 2.83. The fourth-order valence-corrected chi connectivity index (χ4v) is 4.79. The molecule has 0 saturated heterocycles. The van der Waals surface area contributed by atoms with Gasteiger partial charge in [0.15, 0.2) is 22.4 Å². The maximum absolute atomic E-state index is 13.5. The molecule has 0 radical (unpaired) electrons. The van der Waals surface area contributed by atoms with Crippen molar-refractivity contribution in [3.05, 3.63) is 118 Å². The van der Waals surface area contributed by atoms with Gasteiger partial charge in [0.05, 0.1) is 24.2 Å². The molecule has 5 rings (SSSR count). The monoisotopic (exact) mass is 514 g/mol. The second kappa shape index (κ2) is 10.3. The van der Waals surface area contributed by atoms with E-state index in [4.69, 9.17) is 16.6 Å². The lowest BCUT2D eigenvalue weighted by atomic mass is 10.1. The van der Waals surface area contributed by atoms with Crippen molar-refractivity contribution in [3.8, 4) is 5.69 Å². The number of thioether (sulfide) groups is 1. The van der Waals surface area contributed by atoms with E-state index in [1.54, 1.807) is 72.8 Å². The van der Waals surface area contributed by atoms with Gasteiger partial charge in [0.2, 0.25) is 0 Å². The Kier molecular flexibility index (Phi) is 6.79. The van der Waals surface area contributed by atoms with Crippen LogP contribution in [0.3, 0.4) is 0 Å². The Morgan fingerprint density at radius 2 is 1.53 bits per heavy atom. The average Bonchev–Trinajstić information content (AvgIpc) is 3.34. The lowest BCUT2D eigenvalue weighted by Crippen LogP contribution is -2.27. The first-order chi connectivity index (χ1) is 17.5. The maximum atomic E-state index is 13.5. The third-order valence-corrected chi connectivity index (χ3v) is 6.74. The maximum Gasteiger partial charge on any atom is 0.265 e. The number of benzene rings is 3. The second-order valence-electron chi connectivity index (χ2n) is 7.93. The molecule has 0 bridgehead atoms. The number of hydrogen-bond donors (Lipinski definition) is 0. The van der Waals surface area contributed by atoms with Crippen LogP contribution in [0, 0.1) is 0 Å². The summed E-state index contributed by atoms with van der Waals surface area (Å²) in [6.07, 6.45) is 1.43. The number of carbonyl (C=O) groups excluding carboxylic acids is 2. The molecule has 9 heteroatoms. The fourth-order valence-electron chi connectivity index (χ4n) is 3.73. The first kappa shape index (κ1) is 23.7. The van der Waals surface area contributed by atoms with Gasteiger partial charge in [-0.05, 0) is 18.2 Å². The third-order valence-electron chi connectivity index (χ3n) is 5.53. The molecule has 0 fully saturated rings. The van der Waals surface area contributed by atoms with Gasteiger partial charge < -0.3 is 0 Å². The number of ketones is 2. The molecule has 3 aromatic carbocycles. The first-order valence-electron chi connectivity index (χ1n) is 11.0. The van der Waals surface area contributed by atoms with Crippen LogP contribution in [0.25, 0.3) is 16.7 Å². The number of aromatic nitrogens is 4. The zero-order chi connectivity index (χ0) is 25.1. The third kappa shape index (κ3) is 4.86. The van der Waals surface area contributed by atoms with Crippen molar-refractivity contribution in [2.45, 2.75) is 11.7 Å². The van der Waals surface area contributed by atoms with E-state index in [9.17, 15) is 14.4 Å². The molecule has 0 saturated carbocycles. The van der Waals surface area contributed by atoms with Crippen molar-refractivity contribution in [2.24, 2.45) is 0 Å². The molecule has 0 atom stereocenters. The molecule has 0 spiro atoms. The van der Waals surface area contributed by atoms with E-state index in [1.165, 1.54) is 15.4 Å². The van der Waals surface area contributed by atoms with Crippen LogP contribution in [0.4, 0.5) is 0 Å². The quantitative estimate of drug-likeness (QED) is 0.163. The molecule has 7 nitrogen and oxygen atoms in total. The van der Waals surface area contributed by atoms with Crippen LogP contribution in [-0.4, -0.2) is 36.7 Å². The standard InChI is InChI=1S/C27H19ClN4O3S/c28-20-12-7-13-21(14-20)32-25-22(15-29-32)26(35)31(16-23(33)18-8-3-1-4-9-18)27(30-25)36-17-24(34)19-10-5-2-6-11-19/h1-15H,16-17H2. The lowest BCUT2D eigenvalue weighted by molar-refractivity contribution is 0.0966.